The van der Waals surface area contributed by atoms with Gasteiger partial charge in [0.15, 0.2) is 0 Å². The fourth-order valence-electron chi connectivity index (χ4n) is 2.69. The van der Waals surface area contributed by atoms with Crippen molar-refractivity contribution in [2.24, 2.45) is 5.41 Å². The lowest BCUT2D eigenvalue weighted by Gasteiger charge is -2.36. The molecule has 2 N–H and O–H groups in total. The second kappa shape index (κ2) is 6.48. The molecule has 0 spiro atoms. The van der Waals surface area contributed by atoms with Crippen molar-refractivity contribution in [2.45, 2.75) is 37.0 Å². The lowest BCUT2D eigenvalue weighted by Crippen LogP contribution is -2.35. The van der Waals surface area contributed by atoms with E-state index in [9.17, 15) is 5.11 Å². The third-order valence-corrected chi connectivity index (χ3v) is 4.75. The summed E-state index contributed by atoms with van der Waals surface area (Å²) in [5, 5.41) is 13.1. The van der Waals surface area contributed by atoms with Crippen molar-refractivity contribution in [1.29, 1.82) is 0 Å². The number of nitrogens with one attached hydrogen (secondary N) is 1. The van der Waals surface area contributed by atoms with Gasteiger partial charge < -0.3 is 10.4 Å². The molecule has 0 amide bonds. The molecule has 0 atom stereocenters. The summed E-state index contributed by atoms with van der Waals surface area (Å²) in [6.45, 7) is 1.20. The zero-order valence-electron chi connectivity index (χ0n) is 11.1. The Labute approximate surface area is 114 Å². The van der Waals surface area contributed by atoms with E-state index in [2.05, 4.69) is 35.8 Å². The Morgan fingerprint density at radius 3 is 2.39 bits per heavy atom. The van der Waals surface area contributed by atoms with E-state index in [1.165, 1.54) is 24.2 Å². The van der Waals surface area contributed by atoms with Crippen molar-refractivity contribution < 1.29 is 5.11 Å². The maximum absolute atomic E-state index is 9.66. The smallest absolute Gasteiger partial charge is 0.0504 e. The molecule has 1 aromatic carbocycles. The van der Waals surface area contributed by atoms with Crippen LogP contribution in [0.5, 0.6) is 0 Å². The van der Waals surface area contributed by atoms with Crippen molar-refractivity contribution in [3.63, 3.8) is 0 Å². The van der Waals surface area contributed by atoms with Crippen LogP contribution < -0.4 is 5.32 Å². The second-order valence-corrected chi connectivity index (χ2v) is 6.18. The van der Waals surface area contributed by atoms with Crippen LogP contribution in [0.3, 0.4) is 0 Å². The molecule has 100 valence electrons. The summed E-state index contributed by atoms with van der Waals surface area (Å²) in [6.07, 6.45) is 8.23. The molecule has 2 rings (SSSR count). The Morgan fingerprint density at radius 2 is 1.83 bits per heavy atom. The quantitative estimate of drug-likeness (QED) is 0.795. The molecule has 1 fully saturated rings. The highest BCUT2D eigenvalue weighted by Gasteiger charge is 2.30. The van der Waals surface area contributed by atoms with Gasteiger partial charge in [-0.05, 0) is 43.4 Å². The van der Waals surface area contributed by atoms with E-state index in [-0.39, 0.29) is 5.41 Å². The summed E-state index contributed by atoms with van der Waals surface area (Å²) in [4.78, 5) is 1.29. The van der Waals surface area contributed by atoms with Gasteiger partial charge >= 0.3 is 0 Å². The summed E-state index contributed by atoms with van der Waals surface area (Å²) < 4.78 is 0. The van der Waals surface area contributed by atoms with Gasteiger partial charge in [-0.3, -0.25) is 0 Å². The lowest BCUT2D eigenvalue weighted by atomic mass is 9.74. The predicted octanol–water partition coefficient (Wildman–Crippen LogP) is 3.76. The third kappa shape index (κ3) is 3.42. The first-order valence-corrected chi connectivity index (χ1v) is 7.99. The SMILES string of the molecule is CSc1ccc(NCC2(CO)CCCCC2)cc1. The number of hydrogen-bond acceptors (Lipinski definition) is 3. The molecule has 0 aromatic heterocycles. The Bertz CT molecular complexity index is 357. The molecular weight excluding hydrogens is 242 g/mol. The number of rotatable bonds is 5. The molecule has 1 aliphatic rings. The van der Waals surface area contributed by atoms with Crippen molar-refractivity contribution in [3.8, 4) is 0 Å². The van der Waals surface area contributed by atoms with E-state index >= 15 is 0 Å². The van der Waals surface area contributed by atoms with Gasteiger partial charge in [0.25, 0.3) is 0 Å². The summed E-state index contributed by atoms with van der Waals surface area (Å²) in [7, 11) is 0. The van der Waals surface area contributed by atoms with Crippen molar-refractivity contribution in [3.05, 3.63) is 24.3 Å². The van der Waals surface area contributed by atoms with Gasteiger partial charge in [-0.2, -0.15) is 0 Å². The molecule has 18 heavy (non-hydrogen) atoms. The molecule has 2 nitrogen and oxygen atoms in total. The molecule has 1 aromatic rings. The second-order valence-electron chi connectivity index (χ2n) is 5.30. The van der Waals surface area contributed by atoms with E-state index in [1.54, 1.807) is 11.8 Å². The van der Waals surface area contributed by atoms with Crippen LogP contribution in [-0.4, -0.2) is 24.5 Å². The highest BCUT2D eigenvalue weighted by atomic mass is 32.2. The third-order valence-electron chi connectivity index (χ3n) is 4.01. The zero-order valence-corrected chi connectivity index (χ0v) is 11.9. The van der Waals surface area contributed by atoms with Gasteiger partial charge in [0, 0.05) is 22.5 Å². The average molecular weight is 265 g/mol. The number of thioether (sulfide) groups is 1. The van der Waals surface area contributed by atoms with Gasteiger partial charge in [-0.15, -0.1) is 11.8 Å². The fraction of sp³-hybridized carbons (Fsp3) is 0.600. The molecule has 0 saturated heterocycles. The van der Waals surface area contributed by atoms with Gasteiger partial charge in [-0.25, -0.2) is 0 Å². The Morgan fingerprint density at radius 1 is 1.17 bits per heavy atom. The first-order valence-electron chi connectivity index (χ1n) is 6.77. The molecular formula is C15H23NOS. The first-order chi connectivity index (χ1) is 8.78. The minimum atomic E-state index is 0.108. The normalized spacial score (nSPS) is 18.6. The average Bonchev–Trinajstić information content (AvgIpc) is 2.47. The minimum Gasteiger partial charge on any atom is -0.396 e. The first kappa shape index (κ1) is 13.8. The summed E-state index contributed by atoms with van der Waals surface area (Å²) in [5.74, 6) is 0. The Kier molecular flexibility index (Phi) is 4.95. The van der Waals surface area contributed by atoms with E-state index in [0.29, 0.717) is 6.61 Å². The van der Waals surface area contributed by atoms with Crippen LogP contribution in [0.15, 0.2) is 29.2 Å². The molecule has 0 radical (unpaired) electrons. The van der Waals surface area contributed by atoms with E-state index in [1.807, 2.05) is 0 Å². The van der Waals surface area contributed by atoms with Gasteiger partial charge in [0.05, 0.1) is 6.61 Å². The van der Waals surface area contributed by atoms with Crippen LogP contribution in [0.1, 0.15) is 32.1 Å². The van der Waals surface area contributed by atoms with Crippen molar-refractivity contribution in [2.75, 3.05) is 24.7 Å². The number of aliphatic hydroxyl groups is 1. The Balaban J connectivity index is 1.92. The number of anilines is 1. The highest BCUT2D eigenvalue weighted by molar-refractivity contribution is 7.98. The number of benzene rings is 1. The maximum Gasteiger partial charge on any atom is 0.0504 e. The molecule has 0 unspecified atom stereocenters. The van der Waals surface area contributed by atoms with E-state index in [4.69, 9.17) is 0 Å². The van der Waals surface area contributed by atoms with Crippen LogP contribution in [-0.2, 0) is 0 Å². The molecule has 1 aliphatic carbocycles. The molecule has 3 heteroatoms. The fourth-order valence-corrected chi connectivity index (χ4v) is 3.10. The van der Waals surface area contributed by atoms with Crippen molar-refractivity contribution in [1.82, 2.24) is 0 Å². The lowest BCUT2D eigenvalue weighted by molar-refractivity contribution is 0.0944. The standard InChI is InChI=1S/C15H23NOS/c1-18-14-7-5-13(6-8-14)16-11-15(12-17)9-3-2-4-10-15/h5-8,16-17H,2-4,9-12H2,1H3. The van der Waals surface area contributed by atoms with Crippen LogP contribution in [0, 0.1) is 5.41 Å². The summed E-state index contributed by atoms with van der Waals surface area (Å²) >= 11 is 1.76. The minimum absolute atomic E-state index is 0.108. The highest BCUT2D eigenvalue weighted by Crippen LogP contribution is 2.36. The Hall–Kier alpha value is -0.670. The molecule has 1 saturated carbocycles. The topological polar surface area (TPSA) is 32.3 Å². The largest absolute Gasteiger partial charge is 0.396 e. The van der Waals surface area contributed by atoms with E-state index < -0.39 is 0 Å². The monoisotopic (exact) mass is 265 g/mol. The van der Waals surface area contributed by atoms with Gasteiger partial charge in [0.2, 0.25) is 0 Å². The van der Waals surface area contributed by atoms with Crippen LogP contribution in [0.2, 0.25) is 0 Å². The zero-order chi connectivity index (χ0) is 12.8. The van der Waals surface area contributed by atoms with Crippen LogP contribution in [0.4, 0.5) is 5.69 Å². The molecule has 0 aliphatic heterocycles. The number of hydrogen-bond donors (Lipinski definition) is 2. The van der Waals surface area contributed by atoms with Crippen LogP contribution in [0.25, 0.3) is 0 Å². The molecule has 0 heterocycles. The van der Waals surface area contributed by atoms with Crippen LogP contribution >= 0.6 is 11.8 Å². The summed E-state index contributed by atoms with van der Waals surface area (Å²) in [6, 6.07) is 8.53. The predicted molar refractivity (Wildman–Crippen MR) is 79.3 cm³/mol. The van der Waals surface area contributed by atoms with Crippen molar-refractivity contribution >= 4 is 17.4 Å². The van der Waals surface area contributed by atoms with E-state index in [0.717, 1.165) is 25.1 Å². The number of aliphatic hydroxyl groups excluding tert-OH is 1. The van der Waals surface area contributed by atoms with Gasteiger partial charge in [0.1, 0.15) is 0 Å². The van der Waals surface area contributed by atoms with Gasteiger partial charge in [-0.1, -0.05) is 19.3 Å². The molecule has 0 bridgehead atoms. The summed E-state index contributed by atoms with van der Waals surface area (Å²) in [5.41, 5.74) is 1.27. The maximum atomic E-state index is 9.66.